The van der Waals surface area contributed by atoms with Crippen molar-refractivity contribution in [1.82, 2.24) is 4.90 Å². The molecular formula is C27H28ClN3O4. The maximum atomic E-state index is 12.9. The van der Waals surface area contributed by atoms with E-state index < -0.39 is 0 Å². The van der Waals surface area contributed by atoms with Gasteiger partial charge in [-0.15, -0.1) is 0 Å². The number of piperazine rings is 1. The van der Waals surface area contributed by atoms with Crippen LogP contribution < -0.4 is 19.7 Å². The minimum Gasteiger partial charge on any atom is -0.497 e. The molecule has 182 valence electrons. The molecule has 1 N–H and O–H groups in total. The molecule has 0 spiro atoms. The number of amides is 2. The fourth-order valence-electron chi connectivity index (χ4n) is 3.99. The van der Waals surface area contributed by atoms with Crippen LogP contribution in [0, 0.1) is 6.92 Å². The molecule has 35 heavy (non-hydrogen) atoms. The molecule has 1 aliphatic rings. The van der Waals surface area contributed by atoms with Crippen molar-refractivity contribution in [3.63, 3.8) is 0 Å². The first-order valence-corrected chi connectivity index (χ1v) is 11.8. The second-order valence-corrected chi connectivity index (χ2v) is 8.68. The van der Waals surface area contributed by atoms with Gasteiger partial charge in [-0.05, 0) is 61.0 Å². The van der Waals surface area contributed by atoms with Crippen molar-refractivity contribution < 1.29 is 19.1 Å². The number of ether oxygens (including phenoxy) is 2. The SMILES string of the molecule is COc1ccc(OCC(=O)Nc2ccc(N3CCN(C(=O)c4ccccc4C)CC3)c(Cl)c2)cc1. The number of hydrogen-bond donors (Lipinski definition) is 1. The third-order valence-corrected chi connectivity index (χ3v) is 6.25. The van der Waals surface area contributed by atoms with Gasteiger partial charge in [0.2, 0.25) is 0 Å². The van der Waals surface area contributed by atoms with Gasteiger partial charge in [0.05, 0.1) is 17.8 Å². The number of hydrogen-bond acceptors (Lipinski definition) is 5. The summed E-state index contributed by atoms with van der Waals surface area (Å²) in [6.45, 7) is 4.42. The molecule has 0 aliphatic carbocycles. The van der Waals surface area contributed by atoms with Crippen molar-refractivity contribution in [3.8, 4) is 11.5 Å². The van der Waals surface area contributed by atoms with E-state index in [1.807, 2.05) is 48.2 Å². The van der Waals surface area contributed by atoms with Gasteiger partial charge in [0.15, 0.2) is 6.61 Å². The Morgan fingerprint density at radius 2 is 1.63 bits per heavy atom. The fourth-order valence-corrected chi connectivity index (χ4v) is 4.29. The van der Waals surface area contributed by atoms with Gasteiger partial charge in [-0.1, -0.05) is 29.8 Å². The molecule has 0 atom stereocenters. The number of rotatable bonds is 7. The van der Waals surface area contributed by atoms with Gasteiger partial charge < -0.3 is 24.6 Å². The van der Waals surface area contributed by atoms with Gasteiger partial charge >= 0.3 is 0 Å². The molecule has 4 rings (SSSR count). The topological polar surface area (TPSA) is 71.1 Å². The van der Waals surface area contributed by atoms with Crippen molar-refractivity contribution in [3.05, 3.63) is 82.9 Å². The highest BCUT2D eigenvalue weighted by Gasteiger charge is 2.24. The minimum absolute atomic E-state index is 0.0590. The Morgan fingerprint density at radius 3 is 2.29 bits per heavy atom. The molecule has 7 nitrogen and oxygen atoms in total. The normalized spacial score (nSPS) is 13.3. The van der Waals surface area contributed by atoms with Gasteiger partial charge in [0.25, 0.3) is 11.8 Å². The lowest BCUT2D eigenvalue weighted by Gasteiger charge is -2.36. The van der Waals surface area contributed by atoms with Crippen LogP contribution in [0.3, 0.4) is 0 Å². The number of nitrogens with one attached hydrogen (secondary N) is 1. The molecule has 3 aromatic carbocycles. The number of carbonyl (C=O) groups excluding carboxylic acids is 2. The highest BCUT2D eigenvalue weighted by molar-refractivity contribution is 6.33. The summed E-state index contributed by atoms with van der Waals surface area (Å²) in [4.78, 5) is 29.2. The Hall–Kier alpha value is -3.71. The van der Waals surface area contributed by atoms with Crippen LogP contribution in [0.1, 0.15) is 15.9 Å². The van der Waals surface area contributed by atoms with Gasteiger partial charge in [-0.2, -0.15) is 0 Å². The van der Waals surface area contributed by atoms with Crippen molar-refractivity contribution in [2.45, 2.75) is 6.92 Å². The number of benzene rings is 3. The fraction of sp³-hybridized carbons (Fsp3) is 0.259. The summed E-state index contributed by atoms with van der Waals surface area (Å²) in [5.41, 5.74) is 3.20. The number of carbonyl (C=O) groups is 2. The molecule has 1 fully saturated rings. The number of nitrogens with zero attached hydrogens (tertiary/aromatic N) is 2. The van der Waals surface area contributed by atoms with Crippen LogP contribution in [-0.2, 0) is 4.79 Å². The third-order valence-electron chi connectivity index (χ3n) is 5.94. The molecule has 1 saturated heterocycles. The predicted molar refractivity (Wildman–Crippen MR) is 138 cm³/mol. The second-order valence-electron chi connectivity index (χ2n) is 8.27. The van der Waals surface area contributed by atoms with Crippen LogP contribution in [-0.4, -0.2) is 56.6 Å². The lowest BCUT2D eigenvalue weighted by Crippen LogP contribution is -2.49. The number of anilines is 2. The Labute approximate surface area is 210 Å². The molecule has 0 bridgehead atoms. The summed E-state index contributed by atoms with van der Waals surface area (Å²) >= 11 is 6.55. The van der Waals surface area contributed by atoms with Crippen molar-refractivity contribution in [1.29, 1.82) is 0 Å². The first kappa shape index (κ1) is 24.4. The first-order chi connectivity index (χ1) is 16.9. The molecule has 0 aromatic heterocycles. The maximum Gasteiger partial charge on any atom is 0.262 e. The molecule has 0 saturated carbocycles. The van der Waals surface area contributed by atoms with Crippen LogP contribution in [0.5, 0.6) is 11.5 Å². The smallest absolute Gasteiger partial charge is 0.262 e. The number of methoxy groups -OCH3 is 1. The summed E-state index contributed by atoms with van der Waals surface area (Å²) in [6, 6.07) is 20.1. The summed E-state index contributed by atoms with van der Waals surface area (Å²) in [5.74, 6) is 1.07. The van der Waals surface area contributed by atoms with E-state index in [-0.39, 0.29) is 18.4 Å². The Bertz CT molecular complexity index is 1190. The zero-order valence-corrected chi connectivity index (χ0v) is 20.5. The standard InChI is InChI=1S/C27H28ClN3O4/c1-19-5-3-4-6-23(19)27(33)31-15-13-30(14-16-31)25-12-7-20(17-24(25)28)29-26(32)18-35-22-10-8-21(34-2)9-11-22/h3-12,17H,13-16,18H2,1-2H3,(H,29,32). The predicted octanol–water partition coefficient (Wildman–Crippen LogP) is 4.64. The van der Waals surface area contributed by atoms with E-state index in [1.54, 1.807) is 37.4 Å². The van der Waals surface area contributed by atoms with Crippen LogP contribution in [0.15, 0.2) is 66.7 Å². The lowest BCUT2D eigenvalue weighted by molar-refractivity contribution is -0.118. The monoisotopic (exact) mass is 493 g/mol. The van der Waals surface area contributed by atoms with Crippen LogP contribution in [0.4, 0.5) is 11.4 Å². The Kier molecular flexibility index (Phi) is 7.77. The van der Waals surface area contributed by atoms with E-state index in [0.717, 1.165) is 22.6 Å². The molecule has 0 radical (unpaired) electrons. The average molecular weight is 494 g/mol. The third kappa shape index (κ3) is 6.05. The molecule has 0 unspecified atom stereocenters. The van der Waals surface area contributed by atoms with Crippen LogP contribution in [0.25, 0.3) is 0 Å². The zero-order chi connectivity index (χ0) is 24.8. The molecule has 1 heterocycles. The second kappa shape index (κ2) is 11.1. The summed E-state index contributed by atoms with van der Waals surface area (Å²) in [7, 11) is 1.59. The summed E-state index contributed by atoms with van der Waals surface area (Å²) in [6.07, 6.45) is 0. The van der Waals surface area contributed by atoms with Gasteiger partial charge in [0, 0.05) is 37.4 Å². The minimum atomic E-state index is -0.284. The van der Waals surface area contributed by atoms with E-state index >= 15 is 0 Å². The lowest BCUT2D eigenvalue weighted by atomic mass is 10.1. The van der Waals surface area contributed by atoms with Crippen LogP contribution in [0.2, 0.25) is 5.02 Å². The van der Waals surface area contributed by atoms with E-state index in [0.29, 0.717) is 42.6 Å². The summed E-state index contributed by atoms with van der Waals surface area (Å²) in [5, 5.41) is 3.35. The molecule has 8 heteroatoms. The molecule has 3 aromatic rings. The van der Waals surface area contributed by atoms with Crippen LogP contribution >= 0.6 is 11.6 Å². The maximum absolute atomic E-state index is 12.9. The average Bonchev–Trinajstić information content (AvgIpc) is 2.88. The summed E-state index contributed by atoms with van der Waals surface area (Å²) < 4.78 is 10.6. The first-order valence-electron chi connectivity index (χ1n) is 11.4. The zero-order valence-electron chi connectivity index (χ0n) is 19.8. The van der Waals surface area contributed by atoms with E-state index in [2.05, 4.69) is 10.2 Å². The molecule has 2 amide bonds. The van der Waals surface area contributed by atoms with Crippen molar-refractivity contribution >= 4 is 34.8 Å². The molecular weight excluding hydrogens is 466 g/mol. The Balaban J connectivity index is 1.30. The van der Waals surface area contributed by atoms with Gasteiger partial charge in [-0.25, -0.2) is 0 Å². The van der Waals surface area contributed by atoms with Gasteiger partial charge in [0.1, 0.15) is 11.5 Å². The van der Waals surface area contributed by atoms with E-state index in [4.69, 9.17) is 21.1 Å². The Morgan fingerprint density at radius 1 is 0.943 bits per heavy atom. The van der Waals surface area contributed by atoms with E-state index in [1.165, 1.54) is 0 Å². The largest absolute Gasteiger partial charge is 0.497 e. The highest BCUT2D eigenvalue weighted by atomic mass is 35.5. The highest BCUT2D eigenvalue weighted by Crippen LogP contribution is 2.30. The number of halogens is 1. The number of aryl methyl sites for hydroxylation is 1. The van der Waals surface area contributed by atoms with Gasteiger partial charge in [-0.3, -0.25) is 9.59 Å². The van der Waals surface area contributed by atoms with E-state index in [9.17, 15) is 9.59 Å². The molecule has 1 aliphatic heterocycles. The van der Waals surface area contributed by atoms with Crippen molar-refractivity contribution in [2.24, 2.45) is 0 Å². The van der Waals surface area contributed by atoms with Crippen molar-refractivity contribution in [2.75, 3.05) is 50.1 Å². The quantitative estimate of drug-likeness (QED) is 0.519.